The summed E-state index contributed by atoms with van der Waals surface area (Å²) in [6, 6.07) is 16.1. The first kappa shape index (κ1) is 21.4. The number of rotatable bonds is 8. The molecule has 7 heteroatoms. The normalized spacial score (nSPS) is 12.8. The predicted octanol–water partition coefficient (Wildman–Crippen LogP) is 3.98. The van der Waals surface area contributed by atoms with E-state index in [1.165, 1.54) is 4.90 Å². The molecule has 0 unspecified atom stereocenters. The predicted molar refractivity (Wildman–Crippen MR) is 118 cm³/mol. The Balaban J connectivity index is 1.36. The third-order valence-electron chi connectivity index (χ3n) is 5.49. The summed E-state index contributed by atoms with van der Waals surface area (Å²) >= 11 is 0. The topological polar surface area (TPSA) is 82.1 Å². The van der Waals surface area contributed by atoms with E-state index in [9.17, 15) is 14.4 Å². The molecule has 1 aliphatic rings. The van der Waals surface area contributed by atoms with Crippen LogP contribution in [0.3, 0.4) is 0 Å². The number of esters is 1. The fourth-order valence-electron chi connectivity index (χ4n) is 3.89. The molecule has 32 heavy (non-hydrogen) atoms. The van der Waals surface area contributed by atoms with E-state index >= 15 is 0 Å². The largest absolute Gasteiger partial charge is 0.497 e. The van der Waals surface area contributed by atoms with E-state index in [4.69, 9.17) is 14.2 Å². The first-order valence-electron chi connectivity index (χ1n) is 10.3. The van der Waals surface area contributed by atoms with Crippen molar-refractivity contribution in [3.05, 3.63) is 71.3 Å². The van der Waals surface area contributed by atoms with Crippen molar-refractivity contribution in [2.24, 2.45) is 0 Å². The number of amides is 2. The van der Waals surface area contributed by atoms with Gasteiger partial charge in [-0.2, -0.15) is 0 Å². The number of imide groups is 1. The number of carbonyl (C=O) groups is 3. The first-order valence-corrected chi connectivity index (χ1v) is 10.3. The van der Waals surface area contributed by atoms with E-state index in [1.54, 1.807) is 56.7 Å². The maximum Gasteiger partial charge on any atom is 0.306 e. The average molecular weight is 433 g/mol. The van der Waals surface area contributed by atoms with Gasteiger partial charge in [0.1, 0.15) is 18.1 Å². The highest BCUT2D eigenvalue weighted by Gasteiger charge is 2.32. The molecule has 3 aromatic carbocycles. The number of carbonyl (C=O) groups excluding carboxylic acids is 3. The zero-order chi connectivity index (χ0) is 22.7. The Hall–Kier alpha value is -3.87. The van der Waals surface area contributed by atoms with Crippen LogP contribution in [0.4, 0.5) is 0 Å². The quantitative estimate of drug-likeness (QED) is 0.395. The van der Waals surface area contributed by atoms with Gasteiger partial charge in [-0.05, 0) is 42.1 Å². The number of hydrogen-bond acceptors (Lipinski definition) is 6. The third kappa shape index (κ3) is 4.01. The fraction of sp³-hybridized carbons (Fsp3) is 0.240. The second-order valence-electron chi connectivity index (χ2n) is 7.41. The van der Waals surface area contributed by atoms with E-state index in [2.05, 4.69) is 0 Å². The maximum atomic E-state index is 12.9. The van der Waals surface area contributed by atoms with Crippen LogP contribution in [0, 0.1) is 0 Å². The van der Waals surface area contributed by atoms with Crippen molar-refractivity contribution in [3.63, 3.8) is 0 Å². The van der Waals surface area contributed by atoms with Gasteiger partial charge in [0.2, 0.25) is 0 Å². The number of methoxy groups -OCH3 is 2. The summed E-state index contributed by atoms with van der Waals surface area (Å²) in [4.78, 5) is 39.2. The van der Waals surface area contributed by atoms with Gasteiger partial charge in [-0.3, -0.25) is 19.3 Å². The second-order valence-corrected chi connectivity index (χ2v) is 7.41. The highest BCUT2D eigenvalue weighted by atomic mass is 16.5. The molecule has 0 saturated heterocycles. The lowest BCUT2D eigenvalue weighted by Crippen LogP contribution is -2.41. The maximum absolute atomic E-state index is 12.9. The summed E-state index contributed by atoms with van der Waals surface area (Å²) in [7, 11) is 3.10. The van der Waals surface area contributed by atoms with Crippen molar-refractivity contribution >= 4 is 28.6 Å². The molecule has 0 atom stereocenters. The minimum atomic E-state index is -0.422. The summed E-state index contributed by atoms with van der Waals surface area (Å²) in [5, 5.41) is 1.55. The Kier molecular flexibility index (Phi) is 6.07. The van der Waals surface area contributed by atoms with Crippen LogP contribution in [0.2, 0.25) is 0 Å². The standard InChI is InChI=1S/C25H23NO6/c1-30-18-11-12-21(31-2)17(14-18)15-32-22(27)10-5-13-26-24(28)19-8-3-6-16-7-4-9-20(23(16)19)25(26)29/h3-4,6-9,11-12,14H,5,10,13,15H2,1-2H3. The van der Waals surface area contributed by atoms with Crippen molar-refractivity contribution in [1.29, 1.82) is 0 Å². The number of nitrogens with zero attached hydrogens (tertiary/aromatic N) is 1. The molecule has 4 rings (SSSR count). The summed E-state index contributed by atoms with van der Waals surface area (Å²) in [5.41, 5.74) is 1.70. The van der Waals surface area contributed by atoms with Gasteiger partial charge in [-0.25, -0.2) is 0 Å². The third-order valence-corrected chi connectivity index (χ3v) is 5.49. The molecule has 0 saturated carbocycles. The lowest BCUT2D eigenvalue weighted by atomic mass is 9.94. The van der Waals surface area contributed by atoms with Crippen molar-refractivity contribution < 1.29 is 28.6 Å². The van der Waals surface area contributed by atoms with Gasteiger partial charge in [0.15, 0.2) is 0 Å². The number of ether oxygens (including phenoxy) is 3. The van der Waals surface area contributed by atoms with Gasteiger partial charge in [0.25, 0.3) is 11.8 Å². The van der Waals surface area contributed by atoms with Crippen molar-refractivity contribution in [2.45, 2.75) is 19.4 Å². The molecule has 1 heterocycles. The van der Waals surface area contributed by atoms with Gasteiger partial charge < -0.3 is 14.2 Å². The van der Waals surface area contributed by atoms with Crippen LogP contribution in [0.25, 0.3) is 10.8 Å². The Bertz CT molecular complexity index is 1150. The molecule has 0 bridgehead atoms. The van der Waals surface area contributed by atoms with Gasteiger partial charge >= 0.3 is 5.97 Å². The molecule has 0 radical (unpaired) electrons. The van der Waals surface area contributed by atoms with Crippen molar-refractivity contribution in [3.8, 4) is 11.5 Å². The molecular weight excluding hydrogens is 410 g/mol. The van der Waals surface area contributed by atoms with Crippen LogP contribution in [0.5, 0.6) is 11.5 Å². The molecule has 7 nitrogen and oxygen atoms in total. The molecule has 164 valence electrons. The van der Waals surface area contributed by atoms with Gasteiger partial charge in [-0.1, -0.05) is 24.3 Å². The SMILES string of the molecule is COc1ccc(OC)c(COC(=O)CCCN2C(=O)c3cccc4cccc(c34)C2=O)c1. The van der Waals surface area contributed by atoms with Gasteiger partial charge in [0, 0.05) is 35.0 Å². The summed E-state index contributed by atoms with van der Waals surface area (Å²) < 4.78 is 15.8. The highest BCUT2D eigenvalue weighted by Crippen LogP contribution is 2.30. The Labute approximate surface area is 185 Å². The Morgan fingerprint density at radius 1 is 0.906 bits per heavy atom. The van der Waals surface area contributed by atoms with Gasteiger partial charge in [0.05, 0.1) is 14.2 Å². The molecule has 0 aliphatic carbocycles. The Morgan fingerprint density at radius 2 is 1.59 bits per heavy atom. The molecule has 2 amide bonds. The lowest BCUT2D eigenvalue weighted by molar-refractivity contribution is -0.145. The summed E-state index contributed by atoms with van der Waals surface area (Å²) in [5.74, 6) is 0.127. The minimum absolute atomic E-state index is 0.0379. The number of benzene rings is 3. The number of hydrogen-bond donors (Lipinski definition) is 0. The molecule has 1 aliphatic heterocycles. The van der Waals surface area contributed by atoms with E-state index in [-0.39, 0.29) is 31.4 Å². The van der Waals surface area contributed by atoms with Gasteiger partial charge in [-0.15, -0.1) is 0 Å². The van der Waals surface area contributed by atoms with Crippen LogP contribution in [0.15, 0.2) is 54.6 Å². The van der Waals surface area contributed by atoms with E-state index in [0.717, 1.165) is 5.39 Å². The molecule has 0 N–H and O–H groups in total. The second kappa shape index (κ2) is 9.09. The minimum Gasteiger partial charge on any atom is -0.497 e. The zero-order valence-electron chi connectivity index (χ0n) is 17.9. The van der Waals surface area contributed by atoms with Crippen LogP contribution in [0.1, 0.15) is 39.1 Å². The van der Waals surface area contributed by atoms with Crippen LogP contribution in [-0.2, 0) is 16.1 Å². The zero-order valence-corrected chi connectivity index (χ0v) is 17.9. The highest BCUT2D eigenvalue weighted by molar-refractivity contribution is 6.25. The summed E-state index contributed by atoms with van der Waals surface area (Å²) in [6.07, 6.45) is 0.388. The Morgan fingerprint density at radius 3 is 2.22 bits per heavy atom. The molecular formula is C25H23NO6. The monoisotopic (exact) mass is 433 g/mol. The smallest absolute Gasteiger partial charge is 0.306 e. The molecule has 0 fully saturated rings. The summed E-state index contributed by atoms with van der Waals surface area (Å²) in [6.45, 7) is 0.177. The van der Waals surface area contributed by atoms with Crippen molar-refractivity contribution in [1.82, 2.24) is 4.90 Å². The average Bonchev–Trinajstić information content (AvgIpc) is 2.82. The molecule has 0 aromatic heterocycles. The molecule has 0 spiro atoms. The van der Waals surface area contributed by atoms with Crippen LogP contribution < -0.4 is 9.47 Å². The van der Waals surface area contributed by atoms with E-state index in [1.807, 2.05) is 12.1 Å². The van der Waals surface area contributed by atoms with Crippen molar-refractivity contribution in [2.75, 3.05) is 20.8 Å². The van der Waals surface area contributed by atoms with Crippen LogP contribution >= 0.6 is 0 Å². The molecule has 3 aromatic rings. The lowest BCUT2D eigenvalue weighted by Gasteiger charge is -2.27. The fourth-order valence-corrected chi connectivity index (χ4v) is 3.89. The first-order chi connectivity index (χ1) is 15.5. The van der Waals surface area contributed by atoms with E-state index < -0.39 is 5.97 Å². The van der Waals surface area contributed by atoms with E-state index in [0.29, 0.717) is 40.0 Å². The van der Waals surface area contributed by atoms with Crippen LogP contribution in [-0.4, -0.2) is 43.4 Å².